The van der Waals surface area contributed by atoms with Crippen LogP contribution < -0.4 is 9.80 Å². The van der Waals surface area contributed by atoms with Crippen molar-refractivity contribution < 1.29 is 9.53 Å². The second-order valence-electron chi connectivity index (χ2n) is 10.9. The van der Waals surface area contributed by atoms with Crippen LogP contribution in [0.4, 0.5) is 16.6 Å². The summed E-state index contributed by atoms with van der Waals surface area (Å²) in [7, 11) is 4.20. The van der Waals surface area contributed by atoms with Crippen molar-refractivity contribution in [1.82, 2.24) is 24.8 Å². The van der Waals surface area contributed by atoms with E-state index >= 15 is 0 Å². The third-order valence-electron chi connectivity index (χ3n) is 7.03. The van der Waals surface area contributed by atoms with Crippen molar-refractivity contribution in [3.63, 3.8) is 0 Å². The molecule has 11 heteroatoms. The van der Waals surface area contributed by atoms with Gasteiger partial charge in [-0.15, -0.1) is 11.8 Å². The van der Waals surface area contributed by atoms with E-state index in [4.69, 9.17) is 31.3 Å². The van der Waals surface area contributed by atoms with Gasteiger partial charge < -0.3 is 19.4 Å². The fourth-order valence-electron chi connectivity index (χ4n) is 5.15. The fraction of sp³-hybridized carbons (Fsp3) is 0.667. The summed E-state index contributed by atoms with van der Waals surface area (Å²) in [6.45, 7) is 8.90. The summed E-state index contributed by atoms with van der Waals surface area (Å²) in [5.74, 6) is 1.55. The molecule has 2 aromatic heterocycles. The van der Waals surface area contributed by atoms with E-state index in [0.29, 0.717) is 35.7 Å². The lowest BCUT2D eigenvalue weighted by molar-refractivity contribution is 0.0123. The van der Waals surface area contributed by atoms with E-state index in [1.54, 1.807) is 0 Å². The Morgan fingerprint density at radius 2 is 1.74 bits per heavy atom. The van der Waals surface area contributed by atoms with E-state index < -0.39 is 5.60 Å². The molecule has 1 amide bonds. The summed E-state index contributed by atoms with van der Waals surface area (Å²) in [4.78, 5) is 36.3. The number of aromatic nitrogens is 3. The number of carbonyl (C=O) groups is 1. The number of amides is 1. The Morgan fingerprint density at radius 1 is 1.09 bits per heavy atom. The Labute approximate surface area is 216 Å². The molecule has 2 unspecified atom stereocenters. The normalized spacial score (nSPS) is 22.8. The van der Waals surface area contributed by atoms with Crippen LogP contribution in [-0.4, -0.2) is 101 Å². The van der Waals surface area contributed by atoms with Gasteiger partial charge in [0.25, 0.3) is 0 Å². The van der Waals surface area contributed by atoms with E-state index in [9.17, 15) is 4.79 Å². The Balaban J connectivity index is 1.48. The highest BCUT2D eigenvalue weighted by atomic mass is 35.5. The summed E-state index contributed by atoms with van der Waals surface area (Å²) in [6, 6.07) is 2.61. The molecule has 3 fully saturated rings. The topological polar surface area (TPSA) is 77.9 Å². The molecule has 0 N–H and O–H groups in total. The summed E-state index contributed by atoms with van der Waals surface area (Å²) < 4.78 is 5.71. The minimum absolute atomic E-state index is 0.0908. The van der Waals surface area contributed by atoms with Gasteiger partial charge in [-0.05, 0) is 60.0 Å². The SMILES string of the molecule is CSc1nc2nc(N3CC(N(C)C)C3)nc(N3CC4CCC(C3)N4C(=O)OC(C)(C)C)c2cc1Cl. The first-order valence-electron chi connectivity index (χ1n) is 12.1. The number of nitrogens with zero attached hydrogens (tertiary/aromatic N) is 7. The molecule has 0 aromatic carbocycles. The van der Waals surface area contributed by atoms with Gasteiger partial charge in [-0.1, -0.05) is 11.6 Å². The van der Waals surface area contributed by atoms with Crippen molar-refractivity contribution in [3.05, 3.63) is 11.1 Å². The van der Waals surface area contributed by atoms with E-state index in [-0.39, 0.29) is 18.2 Å². The summed E-state index contributed by atoms with van der Waals surface area (Å²) in [6.07, 6.45) is 3.67. The number of halogens is 1. The van der Waals surface area contributed by atoms with Crippen LogP contribution in [0, 0.1) is 0 Å². The smallest absolute Gasteiger partial charge is 0.410 e. The average Bonchev–Trinajstić information content (AvgIpc) is 3.00. The molecule has 3 aliphatic rings. The highest BCUT2D eigenvalue weighted by Crippen LogP contribution is 2.38. The molecule has 2 aromatic rings. The predicted molar refractivity (Wildman–Crippen MR) is 141 cm³/mol. The number of fused-ring (bicyclic) bond motifs is 3. The molecular weight excluding hydrogens is 486 g/mol. The Bertz CT molecular complexity index is 1120. The van der Waals surface area contributed by atoms with Crippen LogP contribution in [-0.2, 0) is 4.74 Å². The minimum atomic E-state index is -0.509. The maximum absolute atomic E-state index is 12.9. The molecule has 0 spiro atoms. The van der Waals surface area contributed by atoms with E-state index in [0.717, 1.165) is 42.2 Å². The predicted octanol–water partition coefficient (Wildman–Crippen LogP) is 3.74. The molecule has 9 nitrogen and oxygen atoms in total. The Hall–Kier alpha value is -2.04. The van der Waals surface area contributed by atoms with E-state index in [1.807, 2.05) is 38.0 Å². The highest BCUT2D eigenvalue weighted by molar-refractivity contribution is 7.98. The zero-order valence-corrected chi connectivity index (χ0v) is 22.9. The molecule has 0 saturated carbocycles. The van der Waals surface area contributed by atoms with Crippen molar-refractivity contribution in [1.29, 1.82) is 0 Å². The number of ether oxygens (including phenoxy) is 1. The summed E-state index contributed by atoms with van der Waals surface area (Å²) >= 11 is 8.08. The van der Waals surface area contributed by atoms with Crippen molar-refractivity contribution in [2.24, 2.45) is 0 Å². The lowest BCUT2D eigenvalue weighted by Gasteiger charge is -2.44. The molecule has 3 aliphatic heterocycles. The van der Waals surface area contributed by atoms with Crippen LogP contribution >= 0.6 is 23.4 Å². The molecule has 0 radical (unpaired) electrons. The van der Waals surface area contributed by atoms with Crippen LogP contribution in [0.2, 0.25) is 5.02 Å². The van der Waals surface area contributed by atoms with Crippen LogP contribution in [0.25, 0.3) is 11.0 Å². The van der Waals surface area contributed by atoms with Gasteiger partial charge >= 0.3 is 6.09 Å². The van der Waals surface area contributed by atoms with Gasteiger partial charge in [0.2, 0.25) is 5.95 Å². The van der Waals surface area contributed by atoms with Crippen molar-refractivity contribution in [2.45, 2.75) is 62.4 Å². The van der Waals surface area contributed by atoms with Crippen molar-refractivity contribution in [2.75, 3.05) is 56.3 Å². The van der Waals surface area contributed by atoms with Gasteiger partial charge in [-0.2, -0.15) is 9.97 Å². The van der Waals surface area contributed by atoms with E-state index in [2.05, 4.69) is 28.8 Å². The lowest BCUT2D eigenvalue weighted by Crippen LogP contribution is -2.58. The number of anilines is 2. The first-order chi connectivity index (χ1) is 16.5. The first-order valence-corrected chi connectivity index (χ1v) is 13.7. The van der Waals surface area contributed by atoms with Crippen LogP contribution in [0.3, 0.4) is 0 Å². The third-order valence-corrected chi connectivity index (χ3v) is 8.13. The largest absolute Gasteiger partial charge is 0.444 e. The van der Waals surface area contributed by atoms with Gasteiger partial charge in [0.1, 0.15) is 16.4 Å². The second kappa shape index (κ2) is 9.12. The van der Waals surface area contributed by atoms with Gasteiger partial charge in [0.05, 0.1) is 22.5 Å². The number of carbonyl (C=O) groups excluding carboxylic acids is 1. The van der Waals surface area contributed by atoms with Gasteiger partial charge in [0, 0.05) is 32.2 Å². The van der Waals surface area contributed by atoms with Crippen LogP contribution in [0.15, 0.2) is 11.1 Å². The average molecular weight is 520 g/mol. The zero-order valence-electron chi connectivity index (χ0n) is 21.3. The molecule has 190 valence electrons. The highest BCUT2D eigenvalue weighted by Gasteiger charge is 2.45. The molecule has 5 heterocycles. The molecule has 2 atom stereocenters. The number of pyridine rings is 1. The number of thioether (sulfide) groups is 1. The maximum atomic E-state index is 12.9. The number of hydrogen-bond acceptors (Lipinski definition) is 9. The number of likely N-dealkylation sites (N-methyl/N-ethyl adjacent to an activating group) is 1. The molecule has 2 bridgehead atoms. The molecule has 3 saturated heterocycles. The van der Waals surface area contributed by atoms with Gasteiger partial charge in [-0.25, -0.2) is 9.78 Å². The molecule has 35 heavy (non-hydrogen) atoms. The van der Waals surface area contributed by atoms with Crippen LogP contribution in [0.1, 0.15) is 33.6 Å². The van der Waals surface area contributed by atoms with Gasteiger partial charge in [-0.3, -0.25) is 4.90 Å². The Kier molecular flexibility index (Phi) is 6.42. The molecule has 5 rings (SSSR count). The zero-order chi connectivity index (χ0) is 25.1. The third kappa shape index (κ3) is 4.72. The quantitative estimate of drug-likeness (QED) is 0.561. The minimum Gasteiger partial charge on any atom is -0.444 e. The monoisotopic (exact) mass is 519 g/mol. The maximum Gasteiger partial charge on any atom is 0.410 e. The molecule has 0 aliphatic carbocycles. The summed E-state index contributed by atoms with van der Waals surface area (Å²) in [5, 5.41) is 2.22. The van der Waals surface area contributed by atoms with Crippen molar-refractivity contribution in [3.8, 4) is 0 Å². The number of rotatable bonds is 4. The van der Waals surface area contributed by atoms with E-state index in [1.165, 1.54) is 11.8 Å². The van der Waals surface area contributed by atoms with Gasteiger partial charge in [0.15, 0.2) is 5.65 Å². The standard InChI is InChI=1S/C24H34ClN7O2S/c1-24(2,3)34-23(33)32-14-7-8-15(32)11-30(10-14)20-17-9-18(25)21(35-6)26-19(17)27-22(28-20)31-12-16(13-31)29(4)5/h9,14-16H,7-8,10-13H2,1-6H3. The lowest BCUT2D eigenvalue weighted by atomic mass is 10.1. The molecular formula is C24H34ClN7O2S. The Morgan fingerprint density at radius 3 is 2.31 bits per heavy atom. The fourth-order valence-corrected chi connectivity index (χ4v) is 5.96. The number of hydrogen-bond donors (Lipinski definition) is 0. The first kappa shape index (κ1) is 24.6. The van der Waals surface area contributed by atoms with Crippen molar-refractivity contribution >= 4 is 52.3 Å². The second-order valence-corrected chi connectivity index (χ2v) is 12.1. The van der Waals surface area contributed by atoms with Crippen LogP contribution in [0.5, 0.6) is 0 Å². The summed E-state index contributed by atoms with van der Waals surface area (Å²) in [5.41, 5.74) is 0.152. The number of piperazine rings is 1.